The van der Waals surface area contributed by atoms with Crippen molar-refractivity contribution in [1.82, 2.24) is 34.4 Å². The van der Waals surface area contributed by atoms with Gasteiger partial charge in [-0.15, -0.1) is 0 Å². The molecular formula is C19H23N7O. The molecule has 0 saturated carbocycles. The molecular weight excluding hydrogens is 342 g/mol. The largest absolute Gasteiger partial charge is 0.336 e. The van der Waals surface area contributed by atoms with Crippen LogP contribution in [0.3, 0.4) is 0 Å². The number of aromatic nitrogens is 6. The Hall–Kier alpha value is -2.90. The van der Waals surface area contributed by atoms with E-state index in [4.69, 9.17) is 0 Å². The normalized spacial score (nSPS) is 13.8. The number of rotatable bonds is 4. The molecule has 1 aliphatic heterocycles. The molecule has 0 atom stereocenters. The summed E-state index contributed by atoms with van der Waals surface area (Å²) in [6.45, 7) is 7.29. The highest BCUT2D eigenvalue weighted by molar-refractivity contribution is 5.76. The summed E-state index contributed by atoms with van der Waals surface area (Å²) in [6, 6.07) is 0. The van der Waals surface area contributed by atoms with E-state index in [2.05, 4.69) is 25.0 Å². The van der Waals surface area contributed by atoms with Crippen LogP contribution in [0.15, 0.2) is 12.5 Å². The Morgan fingerprint density at radius 2 is 2.07 bits per heavy atom. The predicted molar refractivity (Wildman–Crippen MR) is 99.1 cm³/mol. The Morgan fingerprint density at radius 3 is 2.89 bits per heavy atom. The van der Waals surface area contributed by atoms with Crippen LogP contribution in [-0.4, -0.2) is 46.9 Å². The molecule has 3 aromatic heterocycles. The van der Waals surface area contributed by atoms with Crippen LogP contribution in [0, 0.1) is 13.8 Å². The number of hydrogen-bond acceptors (Lipinski definition) is 6. The van der Waals surface area contributed by atoms with Gasteiger partial charge in [-0.05, 0) is 37.8 Å². The number of fused-ring (bicyclic) bond motifs is 2. The van der Waals surface area contributed by atoms with Crippen LogP contribution in [0.2, 0.25) is 0 Å². The maximum atomic E-state index is 12.8. The molecule has 4 rings (SSSR count). The Morgan fingerprint density at radius 1 is 1.22 bits per heavy atom. The highest BCUT2D eigenvalue weighted by Crippen LogP contribution is 2.19. The van der Waals surface area contributed by atoms with Gasteiger partial charge in [0.1, 0.15) is 12.2 Å². The molecule has 0 aromatic carbocycles. The monoisotopic (exact) mass is 365 g/mol. The van der Waals surface area contributed by atoms with E-state index in [-0.39, 0.29) is 5.91 Å². The van der Waals surface area contributed by atoms with E-state index < -0.39 is 0 Å². The zero-order valence-corrected chi connectivity index (χ0v) is 15.9. The van der Waals surface area contributed by atoms with Crippen molar-refractivity contribution in [3.8, 4) is 0 Å². The molecule has 0 fully saturated rings. The second-order valence-corrected chi connectivity index (χ2v) is 6.91. The molecule has 0 bridgehead atoms. The van der Waals surface area contributed by atoms with E-state index in [1.165, 1.54) is 6.33 Å². The van der Waals surface area contributed by atoms with E-state index in [9.17, 15) is 4.79 Å². The van der Waals surface area contributed by atoms with E-state index in [1.807, 2.05) is 31.9 Å². The summed E-state index contributed by atoms with van der Waals surface area (Å²) in [5.74, 6) is 1.58. The number of aryl methyl sites for hydroxylation is 3. The molecule has 1 aliphatic rings. The molecule has 0 unspecified atom stereocenters. The molecule has 0 N–H and O–H groups in total. The van der Waals surface area contributed by atoms with Crippen LogP contribution in [-0.2, 0) is 30.6 Å². The van der Waals surface area contributed by atoms with Gasteiger partial charge in [-0.25, -0.2) is 19.5 Å². The third-order valence-electron chi connectivity index (χ3n) is 5.24. The van der Waals surface area contributed by atoms with Gasteiger partial charge in [0.25, 0.3) is 5.78 Å². The van der Waals surface area contributed by atoms with Gasteiger partial charge in [0.2, 0.25) is 5.91 Å². The lowest BCUT2D eigenvalue weighted by Gasteiger charge is -2.28. The van der Waals surface area contributed by atoms with Crippen molar-refractivity contribution < 1.29 is 4.79 Å². The van der Waals surface area contributed by atoms with Crippen LogP contribution in [0.5, 0.6) is 0 Å². The first-order valence-corrected chi connectivity index (χ1v) is 9.34. The van der Waals surface area contributed by atoms with Gasteiger partial charge in [0, 0.05) is 37.0 Å². The summed E-state index contributed by atoms with van der Waals surface area (Å²) in [5, 5.41) is 4.21. The maximum absolute atomic E-state index is 12.8. The molecule has 4 heterocycles. The average molecular weight is 365 g/mol. The molecule has 27 heavy (non-hydrogen) atoms. The highest BCUT2D eigenvalue weighted by atomic mass is 16.2. The van der Waals surface area contributed by atoms with Crippen molar-refractivity contribution in [1.29, 1.82) is 0 Å². The molecule has 3 aromatic rings. The third-order valence-corrected chi connectivity index (χ3v) is 5.24. The Balaban J connectivity index is 1.47. The van der Waals surface area contributed by atoms with E-state index in [0.29, 0.717) is 25.2 Å². The van der Waals surface area contributed by atoms with Crippen LogP contribution < -0.4 is 0 Å². The first-order chi connectivity index (χ1) is 13.1. The second kappa shape index (κ2) is 7.02. The van der Waals surface area contributed by atoms with E-state index >= 15 is 0 Å². The lowest BCUT2D eigenvalue weighted by atomic mass is 10.0. The van der Waals surface area contributed by atoms with Gasteiger partial charge in [0.15, 0.2) is 0 Å². The zero-order valence-electron chi connectivity index (χ0n) is 15.9. The third kappa shape index (κ3) is 3.27. The van der Waals surface area contributed by atoms with E-state index in [1.54, 1.807) is 4.52 Å². The van der Waals surface area contributed by atoms with Crippen LogP contribution in [0.4, 0.5) is 0 Å². The summed E-state index contributed by atoms with van der Waals surface area (Å²) in [4.78, 5) is 32.3. The Kier molecular flexibility index (Phi) is 4.55. The van der Waals surface area contributed by atoms with Crippen molar-refractivity contribution in [2.75, 3.05) is 6.54 Å². The zero-order chi connectivity index (χ0) is 19.0. The van der Waals surface area contributed by atoms with Gasteiger partial charge in [-0.1, -0.05) is 6.92 Å². The Labute approximate surface area is 157 Å². The van der Waals surface area contributed by atoms with Gasteiger partial charge >= 0.3 is 0 Å². The minimum absolute atomic E-state index is 0.148. The van der Waals surface area contributed by atoms with Gasteiger partial charge in [-0.2, -0.15) is 10.1 Å². The fourth-order valence-electron chi connectivity index (χ4n) is 3.63. The summed E-state index contributed by atoms with van der Waals surface area (Å²) in [6.07, 6.45) is 6.13. The van der Waals surface area contributed by atoms with Crippen molar-refractivity contribution in [3.63, 3.8) is 0 Å². The summed E-state index contributed by atoms with van der Waals surface area (Å²) in [7, 11) is 0. The smallest absolute Gasteiger partial charge is 0.252 e. The summed E-state index contributed by atoms with van der Waals surface area (Å²) in [5.41, 5.74) is 5.11. The molecule has 1 amide bonds. The Bertz CT molecular complexity index is 1010. The fourth-order valence-corrected chi connectivity index (χ4v) is 3.63. The summed E-state index contributed by atoms with van der Waals surface area (Å²) >= 11 is 0. The van der Waals surface area contributed by atoms with Gasteiger partial charge in [-0.3, -0.25) is 4.79 Å². The lowest BCUT2D eigenvalue weighted by molar-refractivity contribution is -0.132. The van der Waals surface area contributed by atoms with Crippen molar-refractivity contribution in [2.45, 2.75) is 53.0 Å². The minimum atomic E-state index is 0.148. The molecule has 0 radical (unpaired) electrons. The van der Waals surface area contributed by atoms with Crippen LogP contribution in [0.25, 0.3) is 5.78 Å². The van der Waals surface area contributed by atoms with Gasteiger partial charge in [0.05, 0.1) is 12.2 Å². The van der Waals surface area contributed by atoms with Crippen molar-refractivity contribution >= 4 is 11.7 Å². The molecule has 140 valence electrons. The topological polar surface area (TPSA) is 89.2 Å². The van der Waals surface area contributed by atoms with Crippen molar-refractivity contribution in [3.05, 3.63) is 46.6 Å². The molecule has 0 aliphatic carbocycles. The highest BCUT2D eigenvalue weighted by Gasteiger charge is 2.23. The number of carbonyl (C=O) groups excluding carboxylic acids is 1. The van der Waals surface area contributed by atoms with Crippen LogP contribution in [0.1, 0.15) is 47.4 Å². The average Bonchev–Trinajstić information content (AvgIpc) is 3.15. The SMILES string of the molecule is CCc1ncc2c(n1)CN(C(=O)CCc1c(C)nc3ncnn3c1C)CC2. The molecule has 0 spiro atoms. The molecule has 8 heteroatoms. The standard InChI is InChI=1S/C19H23N7O/c1-4-17-20-9-14-7-8-25(10-16(14)24-17)18(27)6-5-15-12(2)23-19-21-11-22-26(19)13(15)3/h9,11H,4-8,10H2,1-3H3. The first-order valence-electron chi connectivity index (χ1n) is 9.34. The van der Waals surface area contributed by atoms with Crippen molar-refractivity contribution in [2.24, 2.45) is 0 Å². The number of carbonyl (C=O) groups is 1. The maximum Gasteiger partial charge on any atom is 0.252 e. The predicted octanol–water partition coefficient (Wildman–Crippen LogP) is 1.61. The minimum Gasteiger partial charge on any atom is -0.336 e. The molecule has 0 saturated heterocycles. The number of nitrogens with zero attached hydrogens (tertiary/aromatic N) is 7. The molecule has 8 nitrogen and oxygen atoms in total. The van der Waals surface area contributed by atoms with Crippen LogP contribution >= 0.6 is 0 Å². The first kappa shape index (κ1) is 17.5. The number of amides is 1. The fraction of sp³-hybridized carbons (Fsp3) is 0.474. The van der Waals surface area contributed by atoms with E-state index in [0.717, 1.165) is 53.4 Å². The quantitative estimate of drug-likeness (QED) is 0.698. The second-order valence-electron chi connectivity index (χ2n) is 6.91. The van der Waals surface area contributed by atoms with Gasteiger partial charge < -0.3 is 4.90 Å². The number of hydrogen-bond donors (Lipinski definition) is 0. The lowest BCUT2D eigenvalue weighted by Crippen LogP contribution is -2.37. The summed E-state index contributed by atoms with van der Waals surface area (Å²) < 4.78 is 1.73.